The van der Waals surface area contributed by atoms with Crippen LogP contribution in [0.25, 0.3) is 5.69 Å². The Morgan fingerprint density at radius 2 is 1.81 bits per heavy atom. The Morgan fingerprint density at radius 3 is 2.41 bits per heavy atom. The summed E-state index contributed by atoms with van der Waals surface area (Å²) in [6, 6.07) is 16.1. The fourth-order valence-corrected chi connectivity index (χ4v) is 4.32. The van der Waals surface area contributed by atoms with E-state index in [9.17, 15) is 13.2 Å². The number of likely N-dealkylation sites (tertiary alicyclic amines) is 1. The molecule has 2 heterocycles. The Hall–Kier alpha value is -3.08. The molecule has 10 heteroatoms. The van der Waals surface area contributed by atoms with Crippen LogP contribution in [0, 0.1) is 0 Å². The molecule has 2 N–H and O–H groups in total. The molecule has 1 saturated heterocycles. The second-order valence-electron chi connectivity index (χ2n) is 8.12. The van der Waals surface area contributed by atoms with Crippen molar-refractivity contribution in [2.75, 3.05) is 27.2 Å². The highest BCUT2D eigenvalue weighted by molar-refractivity contribution is 7.89. The summed E-state index contributed by atoms with van der Waals surface area (Å²) in [5.41, 5.74) is 1.62. The third kappa shape index (κ3) is 4.72. The lowest BCUT2D eigenvalue weighted by molar-refractivity contribution is 0.0771. The molecule has 1 fully saturated rings. The maximum atomic E-state index is 13.1. The van der Waals surface area contributed by atoms with Gasteiger partial charge in [0.1, 0.15) is 5.82 Å². The predicted molar refractivity (Wildman–Crippen MR) is 120 cm³/mol. The smallest absolute Gasteiger partial charge is 0.293 e. The minimum absolute atomic E-state index is 0.00840. The maximum absolute atomic E-state index is 13.1. The highest BCUT2D eigenvalue weighted by Gasteiger charge is 2.30. The fraction of sp³-hybridized carbons (Fsp3) is 0.318. The quantitative estimate of drug-likeness (QED) is 0.600. The zero-order valence-electron chi connectivity index (χ0n) is 18.0. The average molecular weight is 455 g/mol. The Kier molecular flexibility index (Phi) is 6.09. The molecule has 1 aliphatic rings. The topological polar surface area (TPSA) is 114 Å². The van der Waals surface area contributed by atoms with Crippen LogP contribution in [0.15, 0.2) is 59.5 Å². The zero-order valence-corrected chi connectivity index (χ0v) is 18.9. The number of amides is 1. The molecule has 4 rings (SSSR count). The summed E-state index contributed by atoms with van der Waals surface area (Å²) in [4.78, 5) is 21.6. The van der Waals surface area contributed by atoms with Crippen molar-refractivity contribution in [2.24, 2.45) is 5.14 Å². The first kappa shape index (κ1) is 22.1. The number of sulfonamides is 1. The van der Waals surface area contributed by atoms with Crippen LogP contribution in [-0.2, 0) is 16.4 Å². The van der Waals surface area contributed by atoms with Gasteiger partial charge in [-0.3, -0.25) is 4.79 Å². The molecule has 9 nitrogen and oxygen atoms in total. The third-order valence-electron chi connectivity index (χ3n) is 5.66. The summed E-state index contributed by atoms with van der Waals surface area (Å²) in [7, 11) is 0.215. The van der Waals surface area contributed by atoms with E-state index in [1.165, 1.54) is 12.1 Å². The van der Waals surface area contributed by atoms with Crippen molar-refractivity contribution in [3.05, 3.63) is 71.8 Å². The molecule has 1 aromatic heterocycles. The normalized spacial score (nSPS) is 16.6. The summed E-state index contributed by atoms with van der Waals surface area (Å²) < 4.78 is 24.8. The van der Waals surface area contributed by atoms with E-state index in [2.05, 4.69) is 15.0 Å². The molecule has 2 aromatic carbocycles. The standard InChI is InChI=1S/C22H26N6O3S/c1-26(2)18-12-13-27(15-18)22(29)21-24-20(14-16-6-4-3-5-7-16)28(25-21)17-8-10-19(11-9-17)32(23,30)31/h3-11,18H,12-15H2,1-2H3,(H2,23,30,31)/t18-/m0/s1. The number of aromatic nitrogens is 3. The van der Waals surface area contributed by atoms with Crippen LogP contribution in [0.3, 0.4) is 0 Å². The SMILES string of the molecule is CN(C)[C@H]1CCN(C(=O)c2nc(Cc3ccccc3)n(-c3ccc(S(N)(=O)=O)cc3)n2)C1. The van der Waals surface area contributed by atoms with Gasteiger partial charge in [-0.1, -0.05) is 30.3 Å². The minimum Gasteiger partial charge on any atom is -0.334 e. The van der Waals surface area contributed by atoms with Gasteiger partial charge >= 0.3 is 0 Å². The Balaban J connectivity index is 1.68. The number of nitrogens with two attached hydrogens (primary N) is 1. The summed E-state index contributed by atoms with van der Waals surface area (Å²) in [5, 5.41) is 9.71. The molecule has 1 aliphatic heterocycles. The first-order chi connectivity index (χ1) is 15.2. The summed E-state index contributed by atoms with van der Waals surface area (Å²) >= 11 is 0. The molecule has 3 aromatic rings. The van der Waals surface area contributed by atoms with Gasteiger partial charge in [-0.2, -0.15) is 0 Å². The van der Waals surface area contributed by atoms with Crippen LogP contribution < -0.4 is 5.14 Å². The second kappa shape index (κ2) is 8.81. The van der Waals surface area contributed by atoms with E-state index in [-0.39, 0.29) is 16.6 Å². The van der Waals surface area contributed by atoms with Gasteiger partial charge in [0.2, 0.25) is 15.8 Å². The van der Waals surface area contributed by atoms with Crippen LogP contribution in [0.5, 0.6) is 0 Å². The van der Waals surface area contributed by atoms with Crippen molar-refractivity contribution >= 4 is 15.9 Å². The lowest BCUT2D eigenvalue weighted by atomic mass is 10.1. The van der Waals surface area contributed by atoms with Gasteiger partial charge in [0.05, 0.1) is 10.6 Å². The van der Waals surface area contributed by atoms with Crippen LogP contribution in [-0.4, -0.2) is 72.1 Å². The lowest BCUT2D eigenvalue weighted by Crippen LogP contribution is -2.35. The van der Waals surface area contributed by atoms with Crippen molar-refractivity contribution in [3.63, 3.8) is 0 Å². The van der Waals surface area contributed by atoms with Crippen molar-refractivity contribution in [1.29, 1.82) is 0 Å². The first-order valence-electron chi connectivity index (χ1n) is 10.3. The number of carbonyl (C=O) groups excluding carboxylic acids is 1. The number of nitrogens with zero attached hydrogens (tertiary/aromatic N) is 5. The lowest BCUT2D eigenvalue weighted by Gasteiger charge is -2.19. The Bertz CT molecular complexity index is 1210. The Labute approximate surface area is 187 Å². The molecule has 1 atom stereocenters. The predicted octanol–water partition coefficient (Wildman–Crippen LogP) is 1.28. The zero-order chi connectivity index (χ0) is 22.9. The summed E-state index contributed by atoms with van der Waals surface area (Å²) in [5.74, 6) is 0.515. The average Bonchev–Trinajstić information content (AvgIpc) is 3.41. The van der Waals surface area contributed by atoms with Gasteiger partial charge in [-0.25, -0.2) is 23.2 Å². The van der Waals surface area contributed by atoms with Crippen molar-refractivity contribution in [1.82, 2.24) is 24.6 Å². The Morgan fingerprint density at radius 1 is 1.12 bits per heavy atom. The molecule has 0 unspecified atom stereocenters. The fourth-order valence-electron chi connectivity index (χ4n) is 3.80. The maximum Gasteiger partial charge on any atom is 0.293 e. The van der Waals surface area contributed by atoms with E-state index in [0.717, 1.165) is 12.0 Å². The minimum atomic E-state index is -3.80. The second-order valence-corrected chi connectivity index (χ2v) is 9.68. The monoisotopic (exact) mass is 454 g/mol. The van der Waals surface area contributed by atoms with Gasteiger partial charge in [-0.05, 0) is 50.3 Å². The van der Waals surface area contributed by atoms with Crippen LogP contribution in [0.1, 0.15) is 28.4 Å². The number of likely N-dealkylation sites (N-methyl/N-ethyl adjacent to an activating group) is 1. The van der Waals surface area contributed by atoms with Crippen LogP contribution in [0.4, 0.5) is 0 Å². The van der Waals surface area contributed by atoms with Crippen LogP contribution in [0.2, 0.25) is 0 Å². The van der Waals surface area contributed by atoms with E-state index in [1.54, 1.807) is 21.7 Å². The summed E-state index contributed by atoms with van der Waals surface area (Å²) in [6.45, 7) is 1.30. The van der Waals surface area contributed by atoms with E-state index in [1.807, 2.05) is 44.4 Å². The molecule has 0 aliphatic carbocycles. The van der Waals surface area contributed by atoms with Crippen molar-refractivity contribution in [3.8, 4) is 5.69 Å². The molecule has 0 saturated carbocycles. The van der Waals surface area contributed by atoms with E-state index in [4.69, 9.17) is 5.14 Å². The van der Waals surface area contributed by atoms with E-state index >= 15 is 0 Å². The highest BCUT2D eigenvalue weighted by atomic mass is 32.2. The van der Waals surface area contributed by atoms with E-state index in [0.29, 0.717) is 37.1 Å². The van der Waals surface area contributed by atoms with E-state index < -0.39 is 10.0 Å². The van der Waals surface area contributed by atoms with Crippen LogP contribution >= 0.6 is 0 Å². The van der Waals surface area contributed by atoms with Gasteiger partial charge in [0.25, 0.3) is 5.91 Å². The summed E-state index contributed by atoms with van der Waals surface area (Å²) in [6.07, 6.45) is 1.38. The van der Waals surface area contributed by atoms with Gasteiger partial charge in [-0.15, -0.1) is 5.10 Å². The molecule has 0 radical (unpaired) electrons. The number of rotatable bonds is 6. The van der Waals surface area contributed by atoms with Gasteiger partial charge in [0, 0.05) is 25.6 Å². The van der Waals surface area contributed by atoms with Crippen molar-refractivity contribution in [2.45, 2.75) is 23.8 Å². The van der Waals surface area contributed by atoms with Gasteiger partial charge < -0.3 is 9.80 Å². The largest absolute Gasteiger partial charge is 0.334 e. The number of carbonyl (C=O) groups is 1. The first-order valence-corrected chi connectivity index (χ1v) is 11.9. The molecule has 32 heavy (non-hydrogen) atoms. The number of benzene rings is 2. The molecular weight excluding hydrogens is 428 g/mol. The molecule has 1 amide bonds. The van der Waals surface area contributed by atoms with Crippen molar-refractivity contribution < 1.29 is 13.2 Å². The molecular formula is C22H26N6O3S. The van der Waals surface area contributed by atoms with Gasteiger partial charge in [0.15, 0.2) is 0 Å². The number of hydrogen-bond donors (Lipinski definition) is 1. The highest BCUT2D eigenvalue weighted by Crippen LogP contribution is 2.19. The molecule has 168 valence electrons. The number of hydrogen-bond acceptors (Lipinski definition) is 6. The number of primary sulfonamides is 1. The molecule has 0 spiro atoms. The molecule has 0 bridgehead atoms. The third-order valence-corrected chi connectivity index (χ3v) is 6.59.